The van der Waals surface area contributed by atoms with Crippen molar-refractivity contribution in [1.82, 2.24) is 3.97 Å². The van der Waals surface area contributed by atoms with E-state index < -0.39 is 16.0 Å². The Hall–Kier alpha value is -2.80. The molecule has 4 rings (SSSR count). The number of carbonyl (C=O) groups is 1. The van der Waals surface area contributed by atoms with E-state index in [9.17, 15) is 13.2 Å². The van der Waals surface area contributed by atoms with E-state index in [0.29, 0.717) is 21.6 Å². The summed E-state index contributed by atoms with van der Waals surface area (Å²) in [6.45, 7) is 6.08. The Balaban J connectivity index is 1.92. The number of carboxylic acid groups (broad SMARTS) is 1. The second-order valence-electron chi connectivity index (χ2n) is 9.16. The molecule has 1 heterocycles. The van der Waals surface area contributed by atoms with Gasteiger partial charge >= 0.3 is 5.97 Å². The Morgan fingerprint density at radius 2 is 1.65 bits per heavy atom. The summed E-state index contributed by atoms with van der Waals surface area (Å²) in [7, 11) is -3.99. The number of rotatable bonds is 5. The number of aromatic carboxylic acids is 1. The van der Waals surface area contributed by atoms with E-state index in [1.165, 1.54) is 16.1 Å². The van der Waals surface area contributed by atoms with Crippen molar-refractivity contribution < 1.29 is 18.3 Å². The summed E-state index contributed by atoms with van der Waals surface area (Å²) in [6, 6.07) is 18.2. The van der Waals surface area contributed by atoms with Gasteiger partial charge < -0.3 is 5.11 Å². The van der Waals surface area contributed by atoms with E-state index in [-0.39, 0.29) is 27.3 Å². The Morgan fingerprint density at radius 1 is 0.971 bits per heavy atom. The first-order valence-corrected chi connectivity index (χ1v) is 12.8. The molecule has 1 N–H and O–H groups in total. The summed E-state index contributed by atoms with van der Waals surface area (Å²) < 4.78 is 29.2. The highest BCUT2D eigenvalue weighted by Crippen LogP contribution is 2.36. The van der Waals surface area contributed by atoms with E-state index in [1.54, 1.807) is 48.5 Å². The van der Waals surface area contributed by atoms with Gasteiger partial charge in [0.25, 0.3) is 10.0 Å². The second kappa shape index (κ2) is 8.77. The number of aromatic nitrogens is 1. The lowest BCUT2D eigenvalue weighted by atomic mass is 9.87. The second-order valence-corrected chi connectivity index (χ2v) is 11.7. The number of benzene rings is 3. The predicted molar refractivity (Wildman–Crippen MR) is 136 cm³/mol. The molecule has 0 radical (unpaired) electrons. The third-order valence-corrected chi connectivity index (χ3v) is 8.31. The van der Waals surface area contributed by atoms with E-state index >= 15 is 0 Å². The van der Waals surface area contributed by atoms with Crippen molar-refractivity contribution in [3.8, 4) is 0 Å². The third kappa shape index (κ3) is 4.45. The van der Waals surface area contributed by atoms with Gasteiger partial charge in [-0.05, 0) is 59.0 Å². The van der Waals surface area contributed by atoms with Gasteiger partial charge in [-0.25, -0.2) is 17.2 Å². The average Bonchev–Trinajstić information content (AvgIpc) is 3.15. The third-order valence-electron chi connectivity index (χ3n) is 5.72. The highest BCUT2D eigenvalue weighted by Gasteiger charge is 2.26. The molecule has 1 aromatic heterocycles. The molecule has 0 saturated heterocycles. The standard InChI is InChI=1S/C26H23Cl2NO4S/c1-26(2,3)18-5-4-6-20(14-18)34(32,33)29-19(13-16-7-9-17(10-8-16)25(30)31)15-21-23(29)12-11-22(27)24(21)28/h4-12,14-15H,13H2,1-3H3,(H,30,31). The minimum Gasteiger partial charge on any atom is -0.478 e. The summed E-state index contributed by atoms with van der Waals surface area (Å²) in [6.07, 6.45) is 0.251. The Kier molecular flexibility index (Phi) is 6.27. The molecule has 0 amide bonds. The SMILES string of the molecule is CC(C)(C)c1cccc(S(=O)(=O)n2c(Cc3ccc(C(=O)O)cc3)cc3c(Cl)c(Cl)ccc32)c1. The van der Waals surface area contributed by atoms with E-state index in [4.69, 9.17) is 28.3 Å². The van der Waals surface area contributed by atoms with Crippen LogP contribution in [0.1, 0.15) is 48.0 Å². The van der Waals surface area contributed by atoms with Crippen molar-refractivity contribution >= 4 is 50.1 Å². The fourth-order valence-corrected chi connectivity index (χ4v) is 5.82. The van der Waals surface area contributed by atoms with Crippen molar-refractivity contribution in [2.45, 2.75) is 37.5 Å². The number of fused-ring (bicyclic) bond motifs is 1. The monoisotopic (exact) mass is 515 g/mol. The molecule has 3 aromatic carbocycles. The van der Waals surface area contributed by atoms with Crippen LogP contribution < -0.4 is 0 Å². The Morgan fingerprint density at radius 3 is 2.26 bits per heavy atom. The first kappa shape index (κ1) is 24.3. The van der Waals surface area contributed by atoms with E-state index in [2.05, 4.69) is 0 Å². The summed E-state index contributed by atoms with van der Waals surface area (Å²) in [5.41, 5.74) is 2.50. The Labute approximate surface area is 208 Å². The first-order valence-electron chi connectivity index (χ1n) is 10.6. The Bertz CT molecular complexity index is 1520. The van der Waals surface area contributed by atoms with Crippen LogP contribution in [0.5, 0.6) is 0 Å². The quantitative estimate of drug-likeness (QED) is 0.318. The largest absolute Gasteiger partial charge is 0.478 e. The van der Waals surface area contributed by atoms with Crippen molar-refractivity contribution in [2.75, 3.05) is 0 Å². The van der Waals surface area contributed by atoms with Gasteiger partial charge in [-0.2, -0.15) is 0 Å². The molecule has 0 fully saturated rings. The van der Waals surface area contributed by atoms with E-state index in [1.807, 2.05) is 26.8 Å². The van der Waals surface area contributed by atoms with Gasteiger partial charge in [0.2, 0.25) is 0 Å². The van der Waals surface area contributed by atoms with Gasteiger partial charge in [-0.3, -0.25) is 0 Å². The number of carboxylic acids is 1. The number of nitrogens with zero attached hydrogens (tertiary/aromatic N) is 1. The summed E-state index contributed by atoms with van der Waals surface area (Å²) in [4.78, 5) is 11.4. The van der Waals surface area contributed by atoms with Crippen LogP contribution in [0.15, 0.2) is 71.6 Å². The molecule has 0 atom stereocenters. The molecule has 34 heavy (non-hydrogen) atoms. The average molecular weight is 516 g/mol. The molecule has 176 valence electrons. The van der Waals surface area contributed by atoms with Crippen molar-refractivity contribution in [3.63, 3.8) is 0 Å². The van der Waals surface area contributed by atoms with Crippen LogP contribution in [0, 0.1) is 0 Å². The van der Waals surface area contributed by atoms with Gasteiger partial charge in [-0.1, -0.05) is 68.2 Å². The highest BCUT2D eigenvalue weighted by molar-refractivity contribution is 7.90. The maximum absolute atomic E-state index is 13.9. The summed E-state index contributed by atoms with van der Waals surface area (Å²) in [5.74, 6) is -1.02. The molecule has 0 aliphatic carbocycles. The fourth-order valence-electron chi connectivity index (χ4n) is 3.86. The zero-order valence-corrected chi connectivity index (χ0v) is 21.2. The zero-order valence-electron chi connectivity index (χ0n) is 18.8. The zero-order chi connectivity index (χ0) is 24.8. The molecule has 0 aliphatic heterocycles. The van der Waals surface area contributed by atoms with Gasteiger partial charge in [0, 0.05) is 17.5 Å². The highest BCUT2D eigenvalue weighted by atomic mass is 35.5. The van der Waals surface area contributed by atoms with Crippen molar-refractivity contribution in [3.05, 3.63) is 99.2 Å². The summed E-state index contributed by atoms with van der Waals surface area (Å²) >= 11 is 12.7. The van der Waals surface area contributed by atoms with Crippen LogP contribution >= 0.6 is 23.2 Å². The maximum atomic E-state index is 13.9. The van der Waals surface area contributed by atoms with Gasteiger partial charge in [-0.15, -0.1) is 0 Å². The molecule has 4 aromatic rings. The normalized spacial score (nSPS) is 12.3. The van der Waals surface area contributed by atoms with Crippen LogP contribution in [0.4, 0.5) is 0 Å². The molecule has 0 saturated carbocycles. The van der Waals surface area contributed by atoms with Crippen LogP contribution in [0.25, 0.3) is 10.9 Å². The maximum Gasteiger partial charge on any atom is 0.335 e. The minimum atomic E-state index is -3.99. The van der Waals surface area contributed by atoms with Gasteiger partial charge in [0.05, 0.1) is 26.0 Å². The smallest absolute Gasteiger partial charge is 0.335 e. The molecule has 8 heteroatoms. The van der Waals surface area contributed by atoms with Crippen LogP contribution in [-0.4, -0.2) is 23.5 Å². The fraction of sp³-hybridized carbons (Fsp3) is 0.192. The number of hydrogen-bond acceptors (Lipinski definition) is 3. The van der Waals surface area contributed by atoms with Crippen LogP contribution in [0.3, 0.4) is 0 Å². The summed E-state index contributed by atoms with van der Waals surface area (Å²) in [5, 5.41) is 10.3. The lowest BCUT2D eigenvalue weighted by Crippen LogP contribution is -2.18. The van der Waals surface area contributed by atoms with Crippen LogP contribution in [-0.2, 0) is 21.9 Å². The van der Waals surface area contributed by atoms with Crippen molar-refractivity contribution in [1.29, 1.82) is 0 Å². The lowest BCUT2D eigenvalue weighted by Gasteiger charge is -2.20. The topological polar surface area (TPSA) is 76.4 Å². The first-order chi connectivity index (χ1) is 15.9. The predicted octanol–water partition coefficient (Wildman–Crippen LogP) is 6.77. The van der Waals surface area contributed by atoms with Gasteiger partial charge in [0.1, 0.15) is 0 Å². The molecule has 0 aliphatic rings. The number of halogens is 2. The molecule has 0 unspecified atom stereocenters. The lowest BCUT2D eigenvalue weighted by molar-refractivity contribution is 0.0697. The van der Waals surface area contributed by atoms with Crippen molar-refractivity contribution in [2.24, 2.45) is 0 Å². The van der Waals surface area contributed by atoms with Gasteiger partial charge in [0.15, 0.2) is 0 Å². The van der Waals surface area contributed by atoms with E-state index in [0.717, 1.165) is 11.1 Å². The van der Waals surface area contributed by atoms with Crippen LogP contribution in [0.2, 0.25) is 10.0 Å². The minimum absolute atomic E-state index is 0.158. The molecular weight excluding hydrogens is 493 g/mol. The molecular formula is C26H23Cl2NO4S. The number of hydrogen-bond donors (Lipinski definition) is 1. The molecule has 5 nitrogen and oxygen atoms in total. The molecule has 0 bridgehead atoms. The molecule has 0 spiro atoms.